The molecule has 0 fully saturated rings. The Kier molecular flexibility index (Phi) is 4.30. The van der Waals surface area contributed by atoms with Crippen molar-refractivity contribution in [2.45, 2.75) is 6.04 Å². The molecule has 0 aliphatic rings. The Hall–Kier alpha value is -2.14. The Morgan fingerprint density at radius 2 is 1.79 bits per heavy atom. The molecule has 0 spiro atoms. The highest BCUT2D eigenvalue weighted by Gasteiger charge is 2.22. The van der Waals surface area contributed by atoms with Crippen molar-refractivity contribution in [1.82, 2.24) is 15.3 Å². The zero-order valence-electron chi connectivity index (χ0n) is 11.3. The monoisotopic (exact) mass is 259 g/mol. The van der Waals surface area contributed by atoms with E-state index in [1.165, 1.54) is 6.33 Å². The molecule has 0 radical (unpaired) electrons. The summed E-state index contributed by atoms with van der Waals surface area (Å²) in [6.07, 6.45) is 3.25. The maximum absolute atomic E-state index is 5.43. The van der Waals surface area contributed by atoms with Crippen LogP contribution in [0.2, 0.25) is 0 Å². The predicted octanol–water partition coefficient (Wildman–Crippen LogP) is 1.80. The van der Waals surface area contributed by atoms with Crippen LogP contribution in [0.15, 0.2) is 36.8 Å². The Morgan fingerprint density at radius 1 is 1.11 bits per heavy atom. The average molecular weight is 259 g/mol. The molecule has 1 N–H and O–H groups in total. The minimum absolute atomic E-state index is 0.117. The minimum Gasteiger partial charge on any atom is -0.496 e. The summed E-state index contributed by atoms with van der Waals surface area (Å²) >= 11 is 0. The fourth-order valence-corrected chi connectivity index (χ4v) is 2.08. The normalized spacial score (nSPS) is 11.9. The van der Waals surface area contributed by atoms with Crippen molar-refractivity contribution in [3.05, 3.63) is 48.0 Å². The second-order valence-corrected chi connectivity index (χ2v) is 3.93. The summed E-state index contributed by atoms with van der Waals surface area (Å²) in [5.74, 6) is 1.52. The van der Waals surface area contributed by atoms with Crippen LogP contribution in [0.1, 0.15) is 17.3 Å². The number of hydrogen-bond donors (Lipinski definition) is 1. The lowest BCUT2D eigenvalue weighted by molar-refractivity contribution is 0.378. The Labute approximate surface area is 112 Å². The zero-order chi connectivity index (χ0) is 13.7. The van der Waals surface area contributed by atoms with Gasteiger partial charge in [0.15, 0.2) is 0 Å². The molecular weight excluding hydrogens is 242 g/mol. The van der Waals surface area contributed by atoms with Gasteiger partial charge in [0.1, 0.15) is 17.8 Å². The standard InChI is InChI=1S/C14H17N3O2/c1-15-14(10-7-8-16-9-17-10)13-11(18-2)5-4-6-12(13)19-3/h4-9,14-15H,1-3H3. The minimum atomic E-state index is -0.117. The summed E-state index contributed by atoms with van der Waals surface area (Å²) in [6.45, 7) is 0. The lowest BCUT2D eigenvalue weighted by Gasteiger charge is -2.21. The van der Waals surface area contributed by atoms with E-state index < -0.39 is 0 Å². The van der Waals surface area contributed by atoms with Crippen LogP contribution in [-0.2, 0) is 0 Å². The number of benzene rings is 1. The van der Waals surface area contributed by atoms with E-state index in [9.17, 15) is 0 Å². The maximum atomic E-state index is 5.43. The van der Waals surface area contributed by atoms with Crippen LogP contribution in [0.5, 0.6) is 11.5 Å². The van der Waals surface area contributed by atoms with Crippen molar-refractivity contribution in [1.29, 1.82) is 0 Å². The molecule has 1 aromatic heterocycles. The first-order valence-corrected chi connectivity index (χ1v) is 5.95. The van der Waals surface area contributed by atoms with Crippen molar-refractivity contribution in [3.8, 4) is 11.5 Å². The molecule has 5 nitrogen and oxygen atoms in total. The molecule has 0 saturated heterocycles. The van der Waals surface area contributed by atoms with Gasteiger partial charge in [-0.15, -0.1) is 0 Å². The third-order valence-corrected chi connectivity index (χ3v) is 2.94. The maximum Gasteiger partial charge on any atom is 0.127 e. The van der Waals surface area contributed by atoms with Crippen molar-refractivity contribution in [2.24, 2.45) is 0 Å². The second kappa shape index (κ2) is 6.15. The SMILES string of the molecule is CNC(c1ccncn1)c1c(OC)cccc1OC. The summed E-state index contributed by atoms with van der Waals surface area (Å²) in [5.41, 5.74) is 1.79. The van der Waals surface area contributed by atoms with Gasteiger partial charge in [0, 0.05) is 6.20 Å². The van der Waals surface area contributed by atoms with Gasteiger partial charge in [0.25, 0.3) is 0 Å². The summed E-state index contributed by atoms with van der Waals surface area (Å²) in [5, 5.41) is 3.23. The van der Waals surface area contributed by atoms with E-state index in [1.54, 1.807) is 20.4 Å². The first kappa shape index (κ1) is 13.3. The highest BCUT2D eigenvalue weighted by molar-refractivity contribution is 5.49. The van der Waals surface area contributed by atoms with E-state index in [1.807, 2.05) is 31.3 Å². The molecular formula is C14H17N3O2. The molecule has 0 aliphatic carbocycles. The molecule has 2 rings (SSSR count). The molecule has 0 amide bonds. The largest absolute Gasteiger partial charge is 0.496 e. The molecule has 19 heavy (non-hydrogen) atoms. The number of nitrogens with one attached hydrogen (secondary N) is 1. The van der Waals surface area contributed by atoms with Crippen molar-refractivity contribution in [2.75, 3.05) is 21.3 Å². The number of rotatable bonds is 5. The summed E-state index contributed by atoms with van der Waals surface area (Å²) in [7, 11) is 5.16. The molecule has 1 heterocycles. The highest BCUT2D eigenvalue weighted by atomic mass is 16.5. The van der Waals surface area contributed by atoms with Gasteiger partial charge in [-0.3, -0.25) is 0 Å². The number of ether oxygens (including phenoxy) is 2. The van der Waals surface area contributed by atoms with Crippen molar-refractivity contribution in [3.63, 3.8) is 0 Å². The molecule has 0 saturated carbocycles. The van der Waals surface area contributed by atoms with E-state index in [2.05, 4.69) is 15.3 Å². The zero-order valence-corrected chi connectivity index (χ0v) is 11.3. The Bertz CT molecular complexity index is 509. The van der Waals surface area contributed by atoms with Gasteiger partial charge >= 0.3 is 0 Å². The Balaban J connectivity index is 2.54. The molecule has 1 aromatic carbocycles. The molecule has 1 unspecified atom stereocenters. The van der Waals surface area contributed by atoms with Crippen molar-refractivity contribution < 1.29 is 9.47 Å². The van der Waals surface area contributed by atoms with Crippen LogP contribution < -0.4 is 14.8 Å². The molecule has 1 atom stereocenters. The highest BCUT2D eigenvalue weighted by Crippen LogP contribution is 2.36. The third-order valence-electron chi connectivity index (χ3n) is 2.94. The lowest BCUT2D eigenvalue weighted by atomic mass is 10.0. The van der Waals surface area contributed by atoms with Crippen molar-refractivity contribution >= 4 is 0 Å². The number of methoxy groups -OCH3 is 2. The average Bonchev–Trinajstić information content (AvgIpc) is 2.49. The van der Waals surface area contributed by atoms with Gasteiger partial charge < -0.3 is 14.8 Å². The third kappa shape index (κ3) is 2.66. The molecule has 2 aromatic rings. The van der Waals surface area contributed by atoms with Crippen LogP contribution in [0.3, 0.4) is 0 Å². The molecule has 5 heteroatoms. The fourth-order valence-electron chi connectivity index (χ4n) is 2.08. The van der Waals surface area contributed by atoms with E-state index >= 15 is 0 Å². The van der Waals surface area contributed by atoms with Crippen LogP contribution in [0.4, 0.5) is 0 Å². The first-order chi connectivity index (χ1) is 9.31. The van der Waals surface area contributed by atoms with Gasteiger partial charge in [-0.05, 0) is 25.2 Å². The summed E-state index contributed by atoms with van der Waals surface area (Å²) < 4.78 is 10.9. The lowest BCUT2D eigenvalue weighted by Crippen LogP contribution is -2.20. The first-order valence-electron chi connectivity index (χ1n) is 5.95. The van der Waals surface area contributed by atoms with Crippen LogP contribution in [0.25, 0.3) is 0 Å². The van der Waals surface area contributed by atoms with Crippen LogP contribution >= 0.6 is 0 Å². The van der Waals surface area contributed by atoms with Crippen LogP contribution in [0, 0.1) is 0 Å². The quantitative estimate of drug-likeness (QED) is 0.887. The van der Waals surface area contributed by atoms with Crippen LogP contribution in [-0.4, -0.2) is 31.2 Å². The second-order valence-electron chi connectivity index (χ2n) is 3.93. The topological polar surface area (TPSA) is 56.3 Å². The van der Waals surface area contributed by atoms with Gasteiger partial charge in [0.05, 0.1) is 31.5 Å². The number of nitrogens with zero attached hydrogens (tertiary/aromatic N) is 2. The van der Waals surface area contributed by atoms with E-state index in [4.69, 9.17) is 9.47 Å². The van der Waals surface area contributed by atoms with E-state index in [0.717, 1.165) is 22.8 Å². The van der Waals surface area contributed by atoms with Gasteiger partial charge in [-0.1, -0.05) is 6.07 Å². The van der Waals surface area contributed by atoms with Gasteiger partial charge in [-0.2, -0.15) is 0 Å². The van der Waals surface area contributed by atoms with Gasteiger partial charge in [0.2, 0.25) is 0 Å². The number of hydrogen-bond acceptors (Lipinski definition) is 5. The Morgan fingerprint density at radius 3 is 2.26 bits per heavy atom. The summed E-state index contributed by atoms with van der Waals surface area (Å²) in [4.78, 5) is 8.23. The van der Waals surface area contributed by atoms with E-state index in [-0.39, 0.29) is 6.04 Å². The smallest absolute Gasteiger partial charge is 0.127 e. The fraction of sp³-hybridized carbons (Fsp3) is 0.286. The molecule has 100 valence electrons. The predicted molar refractivity (Wildman–Crippen MR) is 72.5 cm³/mol. The van der Waals surface area contributed by atoms with E-state index in [0.29, 0.717) is 0 Å². The molecule has 0 aliphatic heterocycles. The summed E-state index contributed by atoms with van der Waals surface area (Å²) in [6, 6.07) is 7.46. The van der Waals surface area contributed by atoms with Gasteiger partial charge in [-0.25, -0.2) is 9.97 Å². The number of aromatic nitrogens is 2. The molecule has 0 bridgehead atoms.